The first-order valence-corrected chi connectivity index (χ1v) is 7.14. The molecule has 0 bridgehead atoms. The number of rotatable bonds is 7. The Hall–Kier alpha value is -2.11. The van der Waals surface area contributed by atoms with Crippen LogP contribution in [0.25, 0.3) is 0 Å². The Balaban J connectivity index is 2.80. The zero-order valence-corrected chi connectivity index (χ0v) is 12.9. The molecule has 21 heavy (non-hydrogen) atoms. The van der Waals surface area contributed by atoms with Gasteiger partial charge in [-0.25, -0.2) is 0 Å². The molecule has 0 radical (unpaired) electrons. The lowest BCUT2D eigenvalue weighted by Crippen LogP contribution is -2.50. The van der Waals surface area contributed by atoms with Crippen LogP contribution in [0.5, 0.6) is 0 Å². The summed E-state index contributed by atoms with van der Waals surface area (Å²) in [6.07, 6.45) is 5.20. The Bertz CT molecular complexity index is 484. The molecule has 0 aromatic carbocycles. The highest BCUT2D eigenvalue weighted by atomic mass is 16.4. The van der Waals surface area contributed by atoms with Crippen molar-refractivity contribution >= 4 is 11.7 Å². The fourth-order valence-electron chi connectivity index (χ4n) is 2.43. The van der Waals surface area contributed by atoms with Gasteiger partial charge >= 0.3 is 0 Å². The van der Waals surface area contributed by atoms with Crippen molar-refractivity contribution in [2.45, 2.75) is 33.1 Å². The maximum Gasteiger partial charge on any atom is 0.236 e. The van der Waals surface area contributed by atoms with E-state index in [0.29, 0.717) is 19.4 Å². The van der Waals surface area contributed by atoms with Crippen LogP contribution >= 0.6 is 0 Å². The van der Waals surface area contributed by atoms with Crippen molar-refractivity contribution in [3.05, 3.63) is 30.1 Å². The molecule has 0 saturated carbocycles. The zero-order chi connectivity index (χ0) is 15.9. The molecule has 0 aliphatic carbocycles. The van der Waals surface area contributed by atoms with Crippen LogP contribution in [0.15, 0.2) is 29.7 Å². The molecule has 0 aliphatic heterocycles. The van der Waals surface area contributed by atoms with Gasteiger partial charge in [-0.2, -0.15) is 0 Å². The smallest absolute Gasteiger partial charge is 0.236 e. The topological polar surface area (TPSA) is 91.8 Å². The van der Waals surface area contributed by atoms with Gasteiger partial charge in [0.25, 0.3) is 0 Å². The molecule has 116 valence electrons. The van der Waals surface area contributed by atoms with Gasteiger partial charge in [-0.3, -0.25) is 9.78 Å². The fourth-order valence-corrected chi connectivity index (χ4v) is 2.43. The van der Waals surface area contributed by atoms with Crippen LogP contribution in [0.1, 0.15) is 32.3 Å². The Kier molecular flexibility index (Phi) is 6.14. The van der Waals surface area contributed by atoms with Crippen molar-refractivity contribution in [1.29, 1.82) is 0 Å². The van der Waals surface area contributed by atoms with Crippen LogP contribution in [0.2, 0.25) is 0 Å². The standard InChI is InChI=1S/C15H24N4O2/c1-4-15(5-2,13(16)18-21)14(20)19(3)11-8-12-6-9-17-10-7-12/h6-7,9-10,21H,4-5,8,11H2,1-3H3,(H2,16,18). The molecule has 6 heteroatoms. The number of likely N-dealkylation sites (N-methyl/N-ethyl adjacent to an activating group) is 1. The number of pyridine rings is 1. The Morgan fingerprint density at radius 2 is 1.95 bits per heavy atom. The van der Waals surface area contributed by atoms with Gasteiger partial charge in [0.15, 0.2) is 5.84 Å². The lowest BCUT2D eigenvalue weighted by Gasteiger charge is -2.33. The summed E-state index contributed by atoms with van der Waals surface area (Å²) in [5.74, 6) is -0.134. The number of hydrogen-bond acceptors (Lipinski definition) is 4. The molecular formula is C15H24N4O2. The van der Waals surface area contributed by atoms with Gasteiger partial charge in [-0.1, -0.05) is 19.0 Å². The molecule has 0 saturated heterocycles. The normalized spacial score (nSPS) is 12.2. The number of nitrogens with two attached hydrogens (primary N) is 1. The number of aromatic nitrogens is 1. The number of hydrogen-bond donors (Lipinski definition) is 2. The molecule has 1 aromatic rings. The van der Waals surface area contributed by atoms with Crippen LogP contribution < -0.4 is 5.73 Å². The van der Waals surface area contributed by atoms with Crippen LogP contribution in [0.3, 0.4) is 0 Å². The number of oxime groups is 1. The van der Waals surface area contributed by atoms with E-state index < -0.39 is 5.41 Å². The van der Waals surface area contributed by atoms with Crippen LogP contribution in [-0.4, -0.2) is 40.4 Å². The molecule has 0 aliphatic rings. The van der Waals surface area contributed by atoms with E-state index in [1.165, 1.54) is 0 Å². The molecule has 0 fully saturated rings. The first-order chi connectivity index (χ1) is 10.0. The minimum atomic E-state index is -0.929. The van der Waals surface area contributed by atoms with E-state index in [0.717, 1.165) is 12.0 Å². The van der Waals surface area contributed by atoms with Crippen molar-refractivity contribution < 1.29 is 10.0 Å². The third kappa shape index (κ3) is 3.71. The minimum absolute atomic E-state index is 0.0201. The van der Waals surface area contributed by atoms with E-state index in [1.807, 2.05) is 26.0 Å². The van der Waals surface area contributed by atoms with E-state index in [2.05, 4.69) is 10.1 Å². The maximum absolute atomic E-state index is 12.7. The average molecular weight is 292 g/mol. The van der Waals surface area contributed by atoms with Crippen LogP contribution in [0, 0.1) is 5.41 Å². The predicted molar refractivity (Wildman–Crippen MR) is 82.0 cm³/mol. The molecule has 1 rings (SSSR count). The number of carbonyl (C=O) groups excluding carboxylic acids is 1. The first-order valence-electron chi connectivity index (χ1n) is 7.14. The predicted octanol–water partition coefficient (Wildman–Crippen LogP) is 1.64. The van der Waals surface area contributed by atoms with Gasteiger partial charge in [0.05, 0.1) is 0 Å². The van der Waals surface area contributed by atoms with Crippen LogP contribution in [0.4, 0.5) is 0 Å². The van der Waals surface area contributed by atoms with Gasteiger partial charge in [0, 0.05) is 26.0 Å². The molecule has 3 N–H and O–H groups in total. The highest BCUT2D eigenvalue weighted by Gasteiger charge is 2.41. The monoisotopic (exact) mass is 292 g/mol. The summed E-state index contributed by atoms with van der Waals surface area (Å²) >= 11 is 0. The summed E-state index contributed by atoms with van der Waals surface area (Å²) in [6.45, 7) is 4.32. The molecule has 0 unspecified atom stereocenters. The average Bonchev–Trinajstić information content (AvgIpc) is 2.54. The summed E-state index contributed by atoms with van der Waals surface area (Å²) < 4.78 is 0. The SMILES string of the molecule is CCC(CC)(C(=O)N(C)CCc1ccncc1)C(N)=NO. The van der Waals surface area contributed by atoms with E-state index in [4.69, 9.17) is 10.9 Å². The highest BCUT2D eigenvalue weighted by Crippen LogP contribution is 2.29. The van der Waals surface area contributed by atoms with Gasteiger partial charge in [0.1, 0.15) is 5.41 Å². The van der Waals surface area contributed by atoms with Gasteiger partial charge in [-0.05, 0) is 37.0 Å². The summed E-state index contributed by atoms with van der Waals surface area (Å²) in [7, 11) is 1.74. The molecule has 0 spiro atoms. The molecule has 6 nitrogen and oxygen atoms in total. The van der Waals surface area contributed by atoms with Crippen molar-refractivity contribution in [3.63, 3.8) is 0 Å². The molecule has 0 atom stereocenters. The minimum Gasteiger partial charge on any atom is -0.409 e. The largest absolute Gasteiger partial charge is 0.409 e. The van der Waals surface area contributed by atoms with E-state index in [1.54, 1.807) is 24.3 Å². The number of amides is 1. The summed E-state index contributed by atoms with van der Waals surface area (Å²) in [6, 6.07) is 3.85. The van der Waals surface area contributed by atoms with Gasteiger partial charge < -0.3 is 15.8 Å². The Morgan fingerprint density at radius 3 is 2.43 bits per heavy atom. The van der Waals surface area contributed by atoms with Crippen molar-refractivity contribution in [3.8, 4) is 0 Å². The second-order valence-corrected chi connectivity index (χ2v) is 5.11. The Labute approximate surface area is 125 Å². The Morgan fingerprint density at radius 1 is 1.38 bits per heavy atom. The van der Waals surface area contributed by atoms with Gasteiger partial charge in [0.2, 0.25) is 5.91 Å². The molecular weight excluding hydrogens is 268 g/mol. The van der Waals surface area contributed by atoms with Crippen LogP contribution in [-0.2, 0) is 11.2 Å². The highest BCUT2D eigenvalue weighted by molar-refractivity contribution is 6.06. The molecule has 1 aromatic heterocycles. The lowest BCUT2D eigenvalue weighted by atomic mass is 9.79. The molecule has 1 heterocycles. The number of carbonyl (C=O) groups is 1. The van der Waals surface area contributed by atoms with Crippen molar-refractivity contribution in [2.75, 3.05) is 13.6 Å². The lowest BCUT2D eigenvalue weighted by molar-refractivity contribution is -0.137. The van der Waals surface area contributed by atoms with Crippen molar-refractivity contribution in [1.82, 2.24) is 9.88 Å². The number of amidine groups is 1. The van der Waals surface area contributed by atoms with E-state index in [-0.39, 0.29) is 11.7 Å². The third-order valence-corrected chi connectivity index (χ3v) is 4.05. The summed E-state index contributed by atoms with van der Waals surface area (Å²) in [4.78, 5) is 18.3. The maximum atomic E-state index is 12.7. The molecule has 1 amide bonds. The second kappa shape index (κ2) is 7.61. The first kappa shape index (κ1) is 16.9. The third-order valence-electron chi connectivity index (χ3n) is 4.05. The number of nitrogens with zero attached hydrogens (tertiary/aromatic N) is 3. The quantitative estimate of drug-likeness (QED) is 0.346. The fraction of sp³-hybridized carbons (Fsp3) is 0.533. The van der Waals surface area contributed by atoms with Gasteiger partial charge in [-0.15, -0.1) is 0 Å². The summed E-state index contributed by atoms with van der Waals surface area (Å²) in [5.41, 5.74) is 5.95. The van der Waals surface area contributed by atoms with E-state index in [9.17, 15) is 4.79 Å². The second-order valence-electron chi connectivity index (χ2n) is 5.11. The zero-order valence-electron chi connectivity index (χ0n) is 12.9. The van der Waals surface area contributed by atoms with Crippen molar-refractivity contribution in [2.24, 2.45) is 16.3 Å². The van der Waals surface area contributed by atoms with E-state index >= 15 is 0 Å². The summed E-state index contributed by atoms with van der Waals surface area (Å²) in [5, 5.41) is 12.0.